The van der Waals surface area contributed by atoms with E-state index in [1.165, 1.54) is 0 Å². The molecule has 0 aromatic rings. The van der Waals surface area contributed by atoms with E-state index >= 15 is 0 Å². The predicted molar refractivity (Wildman–Crippen MR) is 76.1 cm³/mol. The maximum Gasteiger partial charge on any atom is 0.312 e. The summed E-state index contributed by atoms with van der Waals surface area (Å²) in [6.07, 6.45) is 0.868. The molecule has 4 N–H and O–H groups in total. The number of carbonyl (C=O) groups is 2. The molecular formula is C13H26N4O3. The Morgan fingerprint density at radius 3 is 2.50 bits per heavy atom. The minimum atomic E-state index is -0.672. The van der Waals surface area contributed by atoms with Gasteiger partial charge in [0.15, 0.2) is 0 Å². The molecule has 116 valence electrons. The van der Waals surface area contributed by atoms with Gasteiger partial charge in [0, 0.05) is 26.2 Å². The average Bonchev–Trinajstić information content (AvgIpc) is 2.61. The molecule has 1 aliphatic rings. The van der Waals surface area contributed by atoms with Gasteiger partial charge in [-0.2, -0.15) is 0 Å². The molecule has 1 atom stereocenters. The monoisotopic (exact) mass is 286 g/mol. The van der Waals surface area contributed by atoms with Crippen molar-refractivity contribution in [3.05, 3.63) is 0 Å². The van der Waals surface area contributed by atoms with Crippen LogP contribution in [0.4, 0.5) is 4.79 Å². The van der Waals surface area contributed by atoms with Gasteiger partial charge in [-0.15, -0.1) is 0 Å². The molecule has 0 radical (unpaired) electrons. The molecule has 1 unspecified atom stereocenters. The topological polar surface area (TPSA) is 98.9 Å². The van der Waals surface area contributed by atoms with Gasteiger partial charge < -0.3 is 21.1 Å². The molecule has 0 aromatic carbocycles. The minimum absolute atomic E-state index is 0.00759. The molecule has 0 saturated carbocycles. The average molecular weight is 286 g/mol. The lowest BCUT2D eigenvalue weighted by Crippen LogP contribution is -2.53. The number of primary amides is 1. The highest BCUT2D eigenvalue weighted by Crippen LogP contribution is 2.10. The lowest BCUT2D eigenvalue weighted by atomic mass is 10.0. The van der Waals surface area contributed by atoms with Crippen LogP contribution in [0.1, 0.15) is 20.3 Å². The van der Waals surface area contributed by atoms with Gasteiger partial charge in [-0.1, -0.05) is 13.8 Å². The molecule has 7 heteroatoms. The lowest BCUT2D eigenvalue weighted by Gasteiger charge is -2.28. The Morgan fingerprint density at radius 2 is 1.95 bits per heavy atom. The number of aliphatic hydroxyl groups is 1. The Labute approximate surface area is 120 Å². The Balaban J connectivity index is 2.62. The Hall–Kier alpha value is -1.34. The van der Waals surface area contributed by atoms with E-state index in [4.69, 9.17) is 10.8 Å². The molecule has 7 nitrogen and oxygen atoms in total. The zero-order valence-corrected chi connectivity index (χ0v) is 12.3. The fourth-order valence-corrected chi connectivity index (χ4v) is 2.42. The van der Waals surface area contributed by atoms with Gasteiger partial charge in [-0.3, -0.25) is 9.69 Å². The highest BCUT2D eigenvalue weighted by atomic mass is 16.3. The van der Waals surface area contributed by atoms with Crippen LogP contribution in [0, 0.1) is 5.92 Å². The van der Waals surface area contributed by atoms with Crippen LogP contribution < -0.4 is 11.1 Å². The fourth-order valence-electron chi connectivity index (χ4n) is 2.42. The largest absolute Gasteiger partial charge is 0.395 e. The highest BCUT2D eigenvalue weighted by molar-refractivity contribution is 5.86. The molecule has 1 fully saturated rings. The summed E-state index contributed by atoms with van der Waals surface area (Å²) >= 11 is 0. The highest BCUT2D eigenvalue weighted by Gasteiger charge is 2.29. The maximum absolute atomic E-state index is 12.5. The number of urea groups is 1. The van der Waals surface area contributed by atoms with Gasteiger partial charge in [0.1, 0.15) is 6.04 Å². The zero-order chi connectivity index (χ0) is 15.1. The van der Waals surface area contributed by atoms with Crippen LogP contribution in [0.15, 0.2) is 0 Å². The summed E-state index contributed by atoms with van der Waals surface area (Å²) in [6, 6.07) is -1.24. The minimum Gasteiger partial charge on any atom is -0.395 e. The summed E-state index contributed by atoms with van der Waals surface area (Å²) in [5.74, 6) is -0.0866. The summed E-state index contributed by atoms with van der Waals surface area (Å²) < 4.78 is 0. The van der Waals surface area contributed by atoms with Crippen molar-refractivity contribution < 1.29 is 14.7 Å². The number of β-amino-alcohol motifs (C(OH)–C–C–N with tert-alkyl or cyclic N) is 1. The zero-order valence-electron chi connectivity index (χ0n) is 12.3. The van der Waals surface area contributed by atoms with Gasteiger partial charge in [0.05, 0.1) is 6.61 Å². The van der Waals surface area contributed by atoms with Crippen molar-refractivity contribution in [2.75, 3.05) is 39.3 Å². The molecule has 20 heavy (non-hydrogen) atoms. The van der Waals surface area contributed by atoms with Gasteiger partial charge in [-0.05, 0) is 18.9 Å². The number of rotatable bonds is 5. The second kappa shape index (κ2) is 8.06. The van der Waals surface area contributed by atoms with E-state index in [1.807, 2.05) is 13.8 Å². The molecular weight excluding hydrogens is 260 g/mol. The molecule has 0 spiro atoms. The second-order valence-corrected chi connectivity index (χ2v) is 5.47. The van der Waals surface area contributed by atoms with Crippen LogP contribution in [-0.4, -0.2) is 72.2 Å². The first-order valence-electron chi connectivity index (χ1n) is 7.13. The Bertz CT molecular complexity index is 336. The molecule has 3 amide bonds. The van der Waals surface area contributed by atoms with Crippen molar-refractivity contribution >= 4 is 11.9 Å². The third-order valence-corrected chi connectivity index (χ3v) is 3.55. The summed E-state index contributed by atoms with van der Waals surface area (Å²) in [7, 11) is 0. The van der Waals surface area contributed by atoms with Crippen molar-refractivity contribution in [1.82, 2.24) is 15.1 Å². The first kappa shape index (κ1) is 16.7. The SMILES string of the molecule is CC(C)C(NC(N)=O)C(=O)N1CCCN(CCO)CC1. The number of nitrogens with one attached hydrogen (secondary N) is 1. The van der Waals surface area contributed by atoms with Crippen molar-refractivity contribution in [3.8, 4) is 0 Å². The van der Waals surface area contributed by atoms with Crippen LogP contribution >= 0.6 is 0 Å². The van der Waals surface area contributed by atoms with Gasteiger partial charge >= 0.3 is 6.03 Å². The third-order valence-electron chi connectivity index (χ3n) is 3.55. The molecule has 0 aromatic heterocycles. The Morgan fingerprint density at radius 1 is 1.25 bits per heavy atom. The van der Waals surface area contributed by atoms with Gasteiger partial charge in [0.25, 0.3) is 0 Å². The fraction of sp³-hybridized carbons (Fsp3) is 0.846. The first-order valence-corrected chi connectivity index (χ1v) is 7.13. The van der Waals surface area contributed by atoms with E-state index in [-0.39, 0.29) is 18.4 Å². The summed E-state index contributed by atoms with van der Waals surface area (Å²) in [6.45, 7) is 7.43. The molecule has 1 rings (SSSR count). The molecule has 1 heterocycles. The lowest BCUT2D eigenvalue weighted by molar-refractivity contribution is -0.134. The third kappa shape index (κ3) is 4.97. The summed E-state index contributed by atoms with van der Waals surface area (Å²) in [5, 5.41) is 11.5. The van der Waals surface area contributed by atoms with Crippen molar-refractivity contribution in [1.29, 1.82) is 0 Å². The predicted octanol–water partition coefficient (Wildman–Crippen LogP) is -0.794. The van der Waals surface area contributed by atoms with Crippen molar-refractivity contribution in [2.24, 2.45) is 11.7 Å². The van der Waals surface area contributed by atoms with E-state index in [1.54, 1.807) is 4.90 Å². The van der Waals surface area contributed by atoms with E-state index in [2.05, 4.69) is 10.2 Å². The number of carbonyl (C=O) groups excluding carboxylic acids is 2. The smallest absolute Gasteiger partial charge is 0.312 e. The standard InChI is InChI=1S/C13H26N4O3/c1-10(2)11(15-13(14)20)12(19)17-5-3-4-16(6-7-17)8-9-18/h10-11,18H,3-9H2,1-2H3,(H3,14,15,20). The number of hydrogen-bond donors (Lipinski definition) is 3. The number of nitrogens with two attached hydrogens (primary N) is 1. The summed E-state index contributed by atoms with van der Waals surface area (Å²) in [4.78, 5) is 27.4. The second-order valence-electron chi connectivity index (χ2n) is 5.47. The molecule has 1 aliphatic heterocycles. The molecule has 1 saturated heterocycles. The van der Waals surface area contributed by atoms with E-state index in [0.29, 0.717) is 19.6 Å². The Kier molecular flexibility index (Phi) is 6.74. The van der Waals surface area contributed by atoms with Crippen LogP contribution in [0.25, 0.3) is 0 Å². The molecule has 0 aliphatic carbocycles. The van der Waals surface area contributed by atoms with E-state index in [0.717, 1.165) is 19.5 Å². The number of aliphatic hydroxyl groups excluding tert-OH is 1. The van der Waals surface area contributed by atoms with Crippen LogP contribution in [0.2, 0.25) is 0 Å². The quantitative estimate of drug-likeness (QED) is 0.616. The van der Waals surface area contributed by atoms with Crippen molar-refractivity contribution in [3.63, 3.8) is 0 Å². The number of hydrogen-bond acceptors (Lipinski definition) is 4. The van der Waals surface area contributed by atoms with Crippen LogP contribution in [-0.2, 0) is 4.79 Å². The van der Waals surface area contributed by atoms with Crippen molar-refractivity contribution in [2.45, 2.75) is 26.3 Å². The number of amides is 3. The first-order chi connectivity index (χ1) is 9.45. The maximum atomic E-state index is 12.5. The summed E-state index contributed by atoms with van der Waals surface area (Å²) in [5.41, 5.74) is 5.13. The van der Waals surface area contributed by atoms with Gasteiger partial charge in [-0.25, -0.2) is 4.79 Å². The van der Waals surface area contributed by atoms with E-state index in [9.17, 15) is 9.59 Å². The van der Waals surface area contributed by atoms with Crippen LogP contribution in [0.5, 0.6) is 0 Å². The van der Waals surface area contributed by atoms with Gasteiger partial charge in [0.2, 0.25) is 5.91 Å². The molecule has 0 bridgehead atoms. The van der Waals surface area contributed by atoms with E-state index < -0.39 is 12.1 Å². The normalized spacial score (nSPS) is 18.7. The van der Waals surface area contributed by atoms with Crippen LogP contribution in [0.3, 0.4) is 0 Å². The number of nitrogens with zero attached hydrogens (tertiary/aromatic N) is 2.